The molecule has 2 aromatic carbocycles. The number of fused-ring (bicyclic) bond motifs is 2. The van der Waals surface area contributed by atoms with E-state index in [0.29, 0.717) is 22.6 Å². The Morgan fingerprint density at radius 1 is 1.25 bits per heavy atom. The van der Waals surface area contributed by atoms with Gasteiger partial charge >= 0.3 is 6.08 Å². The number of benzene rings is 2. The van der Waals surface area contributed by atoms with E-state index >= 15 is 0 Å². The molecule has 2 aromatic heterocycles. The molecular formula is C22H21FN6O3. The van der Waals surface area contributed by atoms with Crippen LogP contribution in [0.4, 0.5) is 15.8 Å². The van der Waals surface area contributed by atoms with Gasteiger partial charge in [-0.1, -0.05) is 0 Å². The van der Waals surface area contributed by atoms with Gasteiger partial charge in [0.15, 0.2) is 11.4 Å². The van der Waals surface area contributed by atoms with Crippen molar-refractivity contribution in [2.24, 2.45) is 0 Å². The van der Waals surface area contributed by atoms with Gasteiger partial charge in [0.2, 0.25) is 0 Å². The number of oxazole rings is 1. The molecular weight excluding hydrogens is 415 g/mol. The summed E-state index contributed by atoms with van der Waals surface area (Å²) < 4.78 is 24.7. The Morgan fingerprint density at radius 3 is 2.84 bits per heavy atom. The van der Waals surface area contributed by atoms with E-state index < -0.39 is 11.7 Å². The molecule has 0 saturated carbocycles. The fourth-order valence-corrected chi connectivity index (χ4v) is 3.96. The van der Waals surface area contributed by atoms with Crippen molar-refractivity contribution in [3.63, 3.8) is 0 Å². The van der Waals surface area contributed by atoms with Gasteiger partial charge in [0.1, 0.15) is 16.6 Å². The number of nitrogens with zero attached hydrogens (tertiary/aromatic N) is 4. The predicted octanol–water partition coefficient (Wildman–Crippen LogP) is 2.97. The lowest BCUT2D eigenvalue weighted by atomic mass is 10.1. The topological polar surface area (TPSA) is 105 Å². The van der Waals surface area contributed by atoms with Crippen LogP contribution in [-0.2, 0) is 0 Å². The fourth-order valence-electron chi connectivity index (χ4n) is 3.96. The molecule has 10 heteroatoms. The molecule has 1 fully saturated rings. The SMILES string of the molecule is COc1nc2c(F)cc(NC(=O)c3ccc(N4CCNC(C)C4)c4nccnc34)cc2o1. The molecule has 1 atom stereocenters. The summed E-state index contributed by atoms with van der Waals surface area (Å²) in [6.45, 7) is 4.66. The lowest BCUT2D eigenvalue weighted by Gasteiger charge is -2.34. The second kappa shape index (κ2) is 8.04. The zero-order valence-electron chi connectivity index (χ0n) is 17.6. The number of hydrogen-bond donors (Lipinski definition) is 2. The molecule has 1 aliphatic heterocycles. The number of carbonyl (C=O) groups excluding carboxylic acids is 1. The molecule has 3 heterocycles. The van der Waals surface area contributed by atoms with E-state index in [9.17, 15) is 9.18 Å². The Hall–Kier alpha value is -3.79. The first-order chi connectivity index (χ1) is 15.5. The number of nitrogens with one attached hydrogen (secondary N) is 2. The van der Waals surface area contributed by atoms with E-state index in [1.54, 1.807) is 18.5 Å². The van der Waals surface area contributed by atoms with Crippen LogP contribution >= 0.6 is 0 Å². The average molecular weight is 436 g/mol. The van der Waals surface area contributed by atoms with Crippen molar-refractivity contribution in [1.82, 2.24) is 20.3 Å². The van der Waals surface area contributed by atoms with E-state index in [1.165, 1.54) is 19.2 Å². The Labute approximate surface area is 182 Å². The van der Waals surface area contributed by atoms with Gasteiger partial charge in [-0.3, -0.25) is 14.8 Å². The van der Waals surface area contributed by atoms with Gasteiger partial charge in [-0.2, -0.15) is 4.98 Å². The molecule has 4 aromatic rings. The van der Waals surface area contributed by atoms with Crippen LogP contribution in [0, 0.1) is 5.82 Å². The lowest BCUT2D eigenvalue weighted by molar-refractivity contribution is 0.102. The van der Waals surface area contributed by atoms with Gasteiger partial charge in [-0.15, -0.1) is 0 Å². The van der Waals surface area contributed by atoms with Crippen LogP contribution < -0.4 is 20.3 Å². The van der Waals surface area contributed by atoms with Crippen LogP contribution in [0.3, 0.4) is 0 Å². The molecule has 32 heavy (non-hydrogen) atoms. The van der Waals surface area contributed by atoms with Gasteiger partial charge in [0.25, 0.3) is 5.91 Å². The fraction of sp³-hybridized carbons (Fsp3) is 0.273. The first-order valence-electron chi connectivity index (χ1n) is 10.2. The van der Waals surface area contributed by atoms with Crippen molar-refractivity contribution in [3.8, 4) is 6.08 Å². The minimum absolute atomic E-state index is 0.0331. The summed E-state index contributed by atoms with van der Waals surface area (Å²) in [5.74, 6) is -1.06. The Balaban J connectivity index is 1.49. The van der Waals surface area contributed by atoms with Gasteiger partial charge in [0.05, 0.1) is 18.4 Å². The summed E-state index contributed by atoms with van der Waals surface area (Å²) in [6, 6.07) is 6.64. The highest BCUT2D eigenvalue weighted by atomic mass is 19.1. The van der Waals surface area contributed by atoms with Crippen molar-refractivity contribution in [2.75, 3.05) is 37.0 Å². The number of ether oxygens (including phenoxy) is 1. The first kappa shape index (κ1) is 20.1. The summed E-state index contributed by atoms with van der Waals surface area (Å²) in [4.78, 5) is 28.1. The first-order valence-corrected chi connectivity index (χ1v) is 10.2. The van der Waals surface area contributed by atoms with Crippen molar-refractivity contribution < 1.29 is 18.3 Å². The van der Waals surface area contributed by atoms with Gasteiger partial charge in [0, 0.05) is 49.8 Å². The molecule has 1 saturated heterocycles. The van der Waals surface area contributed by atoms with Crippen LogP contribution in [0.15, 0.2) is 41.1 Å². The zero-order valence-corrected chi connectivity index (χ0v) is 17.6. The molecule has 1 aliphatic rings. The van der Waals surface area contributed by atoms with Crippen LogP contribution in [0.5, 0.6) is 6.08 Å². The van der Waals surface area contributed by atoms with Crippen LogP contribution in [0.2, 0.25) is 0 Å². The molecule has 9 nitrogen and oxygen atoms in total. The molecule has 1 unspecified atom stereocenters. The quantitative estimate of drug-likeness (QED) is 0.503. The number of aromatic nitrogens is 3. The Bertz CT molecular complexity index is 1320. The number of halogens is 1. The van der Waals surface area contributed by atoms with Crippen LogP contribution in [-0.4, -0.2) is 53.6 Å². The highest BCUT2D eigenvalue weighted by Gasteiger charge is 2.22. The highest BCUT2D eigenvalue weighted by Crippen LogP contribution is 2.29. The third-order valence-electron chi connectivity index (χ3n) is 5.42. The Morgan fingerprint density at radius 2 is 2.06 bits per heavy atom. The third-order valence-corrected chi connectivity index (χ3v) is 5.42. The average Bonchev–Trinajstić information content (AvgIpc) is 3.22. The second-order valence-corrected chi connectivity index (χ2v) is 7.63. The summed E-state index contributed by atoms with van der Waals surface area (Å²) >= 11 is 0. The van der Waals surface area contributed by atoms with E-state index in [1.807, 2.05) is 6.07 Å². The van der Waals surface area contributed by atoms with Crippen LogP contribution in [0.1, 0.15) is 17.3 Å². The molecule has 0 aliphatic carbocycles. The van der Waals surface area contributed by atoms with Crippen molar-refractivity contribution in [2.45, 2.75) is 13.0 Å². The normalized spacial score (nSPS) is 16.5. The summed E-state index contributed by atoms with van der Waals surface area (Å²) in [6.07, 6.45) is 3.11. The molecule has 0 bridgehead atoms. The summed E-state index contributed by atoms with van der Waals surface area (Å²) in [5.41, 5.74) is 2.84. The van der Waals surface area contributed by atoms with Crippen molar-refractivity contribution >= 4 is 39.4 Å². The number of anilines is 2. The summed E-state index contributed by atoms with van der Waals surface area (Å²) in [5, 5.41) is 6.13. The number of hydrogen-bond acceptors (Lipinski definition) is 8. The predicted molar refractivity (Wildman–Crippen MR) is 118 cm³/mol. The van der Waals surface area contributed by atoms with Gasteiger partial charge < -0.3 is 24.7 Å². The van der Waals surface area contributed by atoms with E-state index in [2.05, 4.69) is 37.4 Å². The van der Waals surface area contributed by atoms with Crippen molar-refractivity contribution in [1.29, 1.82) is 0 Å². The molecule has 5 rings (SSSR count). The third kappa shape index (κ3) is 3.58. The van der Waals surface area contributed by atoms with Crippen molar-refractivity contribution in [3.05, 3.63) is 48.0 Å². The second-order valence-electron chi connectivity index (χ2n) is 7.63. The van der Waals surface area contributed by atoms with Gasteiger partial charge in [-0.25, -0.2) is 4.39 Å². The minimum Gasteiger partial charge on any atom is -0.453 e. The maximum absolute atomic E-state index is 14.4. The molecule has 0 radical (unpaired) electrons. The number of carbonyl (C=O) groups is 1. The lowest BCUT2D eigenvalue weighted by Crippen LogP contribution is -2.49. The number of piperazine rings is 1. The molecule has 0 spiro atoms. The molecule has 2 N–H and O–H groups in total. The van der Waals surface area contributed by atoms with E-state index in [-0.39, 0.29) is 22.9 Å². The standard InChI is InChI=1S/C22H21FN6O3/c1-12-11-29(8-7-24-12)16-4-3-14(18-20(16)26-6-5-25-18)21(30)27-13-9-15(23)19-17(10-13)32-22(28-19)31-2/h3-6,9-10,12,24H,7-8,11H2,1-2H3,(H,27,30). The van der Waals surface area contributed by atoms with E-state index in [0.717, 1.165) is 25.3 Å². The summed E-state index contributed by atoms with van der Waals surface area (Å²) in [7, 11) is 1.38. The van der Waals surface area contributed by atoms with E-state index in [4.69, 9.17) is 9.15 Å². The number of methoxy groups -OCH3 is 1. The van der Waals surface area contributed by atoms with Gasteiger partial charge in [-0.05, 0) is 25.1 Å². The molecule has 1 amide bonds. The number of rotatable bonds is 4. The Kier molecular flexibility index (Phi) is 5.06. The highest BCUT2D eigenvalue weighted by molar-refractivity contribution is 6.13. The number of amides is 1. The molecule has 164 valence electrons. The smallest absolute Gasteiger partial charge is 0.394 e. The largest absolute Gasteiger partial charge is 0.453 e. The monoisotopic (exact) mass is 436 g/mol. The maximum Gasteiger partial charge on any atom is 0.394 e. The minimum atomic E-state index is -0.627. The van der Waals surface area contributed by atoms with Crippen LogP contribution in [0.25, 0.3) is 22.1 Å². The maximum atomic E-state index is 14.4. The zero-order chi connectivity index (χ0) is 22.2.